The molecule has 2 unspecified atom stereocenters. The van der Waals surface area contributed by atoms with Crippen LogP contribution in [-0.2, 0) is 4.74 Å². The molecule has 2 rings (SSSR count). The first-order valence-corrected chi connectivity index (χ1v) is 8.24. The Morgan fingerprint density at radius 1 is 1.29 bits per heavy atom. The van der Waals surface area contributed by atoms with Crippen LogP contribution in [0.1, 0.15) is 64.0 Å². The number of unbranched alkanes of at least 4 members (excludes halogenated alkanes) is 3. The Morgan fingerprint density at radius 3 is 2.67 bits per heavy atom. The first kappa shape index (κ1) is 15.9. The molecule has 1 aliphatic heterocycles. The van der Waals surface area contributed by atoms with E-state index in [4.69, 9.17) is 4.74 Å². The number of likely N-dealkylation sites (tertiary alicyclic amines) is 1. The molecule has 0 N–H and O–H groups in total. The molecule has 0 aliphatic carbocycles. The maximum absolute atomic E-state index is 12.2. The van der Waals surface area contributed by atoms with Crippen LogP contribution in [0.3, 0.4) is 0 Å². The van der Waals surface area contributed by atoms with Crippen LogP contribution in [-0.4, -0.2) is 23.6 Å². The SMILES string of the molecule is CCCCCCC(C)OC(=O)N1CCC1c1ccccc1. The number of amides is 1. The summed E-state index contributed by atoms with van der Waals surface area (Å²) < 4.78 is 5.57. The summed E-state index contributed by atoms with van der Waals surface area (Å²) in [6, 6.07) is 10.4. The van der Waals surface area contributed by atoms with Crippen LogP contribution < -0.4 is 0 Å². The van der Waals surface area contributed by atoms with Crippen molar-refractivity contribution in [3.8, 4) is 0 Å². The van der Waals surface area contributed by atoms with Crippen molar-refractivity contribution in [1.82, 2.24) is 4.90 Å². The molecule has 1 heterocycles. The molecule has 0 aromatic heterocycles. The van der Waals surface area contributed by atoms with E-state index in [1.54, 1.807) is 0 Å². The van der Waals surface area contributed by atoms with Crippen LogP contribution in [0.2, 0.25) is 0 Å². The number of benzene rings is 1. The lowest BCUT2D eigenvalue weighted by Crippen LogP contribution is -2.46. The molecular formula is C18H27NO2. The van der Waals surface area contributed by atoms with Gasteiger partial charge in [0.05, 0.1) is 6.04 Å². The second-order valence-corrected chi connectivity index (χ2v) is 5.95. The summed E-state index contributed by atoms with van der Waals surface area (Å²) in [6.07, 6.45) is 6.74. The number of hydrogen-bond donors (Lipinski definition) is 0. The zero-order chi connectivity index (χ0) is 15.1. The van der Waals surface area contributed by atoms with Gasteiger partial charge < -0.3 is 9.64 Å². The molecule has 21 heavy (non-hydrogen) atoms. The van der Waals surface area contributed by atoms with Gasteiger partial charge in [-0.3, -0.25) is 0 Å². The quantitative estimate of drug-likeness (QED) is 0.666. The van der Waals surface area contributed by atoms with E-state index in [9.17, 15) is 4.79 Å². The maximum Gasteiger partial charge on any atom is 0.410 e. The Morgan fingerprint density at radius 2 is 2.05 bits per heavy atom. The monoisotopic (exact) mass is 289 g/mol. The van der Waals surface area contributed by atoms with Gasteiger partial charge in [-0.1, -0.05) is 56.5 Å². The summed E-state index contributed by atoms with van der Waals surface area (Å²) in [6.45, 7) is 5.01. The van der Waals surface area contributed by atoms with Gasteiger partial charge in [-0.15, -0.1) is 0 Å². The molecule has 0 radical (unpaired) electrons. The molecule has 3 nitrogen and oxygen atoms in total. The van der Waals surface area contributed by atoms with Crippen molar-refractivity contribution in [1.29, 1.82) is 0 Å². The highest BCUT2D eigenvalue weighted by molar-refractivity contribution is 5.69. The van der Waals surface area contributed by atoms with Gasteiger partial charge in [-0.25, -0.2) is 4.79 Å². The van der Waals surface area contributed by atoms with Crippen LogP contribution in [0.5, 0.6) is 0 Å². The minimum absolute atomic E-state index is 0.0198. The standard InChI is InChI=1S/C18H27NO2/c1-3-4-5-7-10-15(2)21-18(20)19-14-13-17(19)16-11-8-6-9-12-16/h6,8-9,11-12,15,17H,3-5,7,10,13-14H2,1-2H3. The summed E-state index contributed by atoms with van der Waals surface area (Å²) >= 11 is 0. The molecular weight excluding hydrogens is 262 g/mol. The summed E-state index contributed by atoms with van der Waals surface area (Å²) in [5.74, 6) is 0. The number of ether oxygens (including phenoxy) is 1. The number of hydrogen-bond acceptors (Lipinski definition) is 2. The third-order valence-corrected chi connectivity index (χ3v) is 4.20. The van der Waals surface area contributed by atoms with Gasteiger partial charge in [0, 0.05) is 6.54 Å². The van der Waals surface area contributed by atoms with Gasteiger partial charge in [-0.05, 0) is 31.7 Å². The van der Waals surface area contributed by atoms with Crippen molar-refractivity contribution in [2.75, 3.05) is 6.54 Å². The third kappa shape index (κ3) is 4.48. The topological polar surface area (TPSA) is 29.5 Å². The van der Waals surface area contributed by atoms with Crippen molar-refractivity contribution in [3.63, 3.8) is 0 Å². The molecule has 1 aliphatic rings. The van der Waals surface area contributed by atoms with Gasteiger partial charge in [0.2, 0.25) is 0 Å². The normalized spacial score (nSPS) is 19.0. The largest absolute Gasteiger partial charge is 0.446 e. The zero-order valence-corrected chi connectivity index (χ0v) is 13.3. The molecule has 116 valence electrons. The van der Waals surface area contributed by atoms with Crippen LogP contribution in [0.25, 0.3) is 0 Å². The van der Waals surface area contributed by atoms with Gasteiger partial charge in [0.25, 0.3) is 0 Å². The predicted molar refractivity (Wildman–Crippen MR) is 85.2 cm³/mol. The smallest absolute Gasteiger partial charge is 0.410 e. The lowest BCUT2D eigenvalue weighted by molar-refractivity contribution is 0.0235. The first-order chi connectivity index (χ1) is 10.2. The van der Waals surface area contributed by atoms with E-state index in [-0.39, 0.29) is 18.2 Å². The molecule has 1 aromatic rings. The van der Waals surface area contributed by atoms with E-state index in [0.29, 0.717) is 0 Å². The van der Waals surface area contributed by atoms with E-state index in [1.807, 2.05) is 30.0 Å². The fraction of sp³-hybridized carbons (Fsp3) is 0.611. The average molecular weight is 289 g/mol. The first-order valence-electron chi connectivity index (χ1n) is 8.24. The Bertz CT molecular complexity index is 432. The molecule has 0 bridgehead atoms. The number of rotatable bonds is 7. The number of carbonyl (C=O) groups is 1. The van der Waals surface area contributed by atoms with Crippen molar-refractivity contribution < 1.29 is 9.53 Å². The Hall–Kier alpha value is -1.51. The van der Waals surface area contributed by atoms with E-state index < -0.39 is 0 Å². The minimum Gasteiger partial charge on any atom is -0.446 e. The van der Waals surface area contributed by atoms with Crippen molar-refractivity contribution in [3.05, 3.63) is 35.9 Å². The lowest BCUT2D eigenvalue weighted by Gasteiger charge is -2.40. The summed E-state index contributed by atoms with van der Waals surface area (Å²) in [5.41, 5.74) is 1.20. The molecule has 3 heteroatoms. The van der Waals surface area contributed by atoms with Gasteiger partial charge in [0.1, 0.15) is 6.10 Å². The molecule has 1 saturated heterocycles. The van der Waals surface area contributed by atoms with Gasteiger partial charge in [-0.2, -0.15) is 0 Å². The van der Waals surface area contributed by atoms with Crippen LogP contribution >= 0.6 is 0 Å². The van der Waals surface area contributed by atoms with Crippen LogP contribution in [0.4, 0.5) is 4.79 Å². The third-order valence-electron chi connectivity index (χ3n) is 4.20. The molecule has 0 spiro atoms. The molecule has 0 saturated carbocycles. The zero-order valence-electron chi connectivity index (χ0n) is 13.3. The highest BCUT2D eigenvalue weighted by atomic mass is 16.6. The summed E-state index contributed by atoms with van der Waals surface area (Å²) in [7, 11) is 0. The second kappa shape index (κ2) is 8.06. The average Bonchev–Trinajstić information content (AvgIpc) is 2.43. The fourth-order valence-corrected chi connectivity index (χ4v) is 2.78. The molecule has 1 aromatic carbocycles. The van der Waals surface area contributed by atoms with Crippen molar-refractivity contribution >= 4 is 6.09 Å². The highest BCUT2D eigenvalue weighted by Gasteiger charge is 2.34. The van der Waals surface area contributed by atoms with E-state index in [0.717, 1.165) is 25.8 Å². The van der Waals surface area contributed by atoms with Gasteiger partial charge in [0.15, 0.2) is 0 Å². The van der Waals surface area contributed by atoms with E-state index >= 15 is 0 Å². The minimum atomic E-state index is -0.155. The van der Waals surface area contributed by atoms with Crippen LogP contribution in [0, 0.1) is 0 Å². The van der Waals surface area contributed by atoms with Crippen molar-refractivity contribution in [2.45, 2.75) is 64.5 Å². The van der Waals surface area contributed by atoms with E-state index in [1.165, 1.54) is 24.8 Å². The lowest BCUT2D eigenvalue weighted by atomic mass is 9.95. The van der Waals surface area contributed by atoms with Crippen LogP contribution in [0.15, 0.2) is 30.3 Å². The fourth-order valence-electron chi connectivity index (χ4n) is 2.78. The second-order valence-electron chi connectivity index (χ2n) is 5.95. The Balaban J connectivity index is 1.76. The summed E-state index contributed by atoms with van der Waals surface area (Å²) in [5, 5.41) is 0. The Kier molecular flexibility index (Phi) is 6.09. The van der Waals surface area contributed by atoms with Crippen molar-refractivity contribution in [2.24, 2.45) is 0 Å². The molecule has 2 atom stereocenters. The van der Waals surface area contributed by atoms with E-state index in [2.05, 4.69) is 19.1 Å². The van der Waals surface area contributed by atoms with Gasteiger partial charge >= 0.3 is 6.09 Å². The molecule has 1 fully saturated rings. The molecule has 1 amide bonds. The number of carbonyl (C=O) groups excluding carboxylic acids is 1. The highest BCUT2D eigenvalue weighted by Crippen LogP contribution is 2.33. The Labute approximate surface area is 128 Å². The maximum atomic E-state index is 12.2. The summed E-state index contributed by atoms with van der Waals surface area (Å²) in [4.78, 5) is 14.1. The number of nitrogens with zero attached hydrogens (tertiary/aromatic N) is 1. The predicted octanol–water partition coefficient (Wildman–Crippen LogP) is 4.93.